The van der Waals surface area contributed by atoms with Gasteiger partial charge in [-0.15, -0.1) is 10.2 Å². The van der Waals surface area contributed by atoms with Gasteiger partial charge in [0.2, 0.25) is 5.91 Å². The third-order valence-corrected chi connectivity index (χ3v) is 5.51. The summed E-state index contributed by atoms with van der Waals surface area (Å²) in [5, 5.41) is 16.1. The number of nitrogens with one attached hydrogen (secondary N) is 1. The summed E-state index contributed by atoms with van der Waals surface area (Å²) in [6.45, 7) is 4.10. The van der Waals surface area contributed by atoms with Crippen LogP contribution in [-0.2, 0) is 24.2 Å². The Kier molecular flexibility index (Phi) is 5.92. The molecule has 1 atom stereocenters. The van der Waals surface area contributed by atoms with E-state index in [-0.39, 0.29) is 24.1 Å². The second-order valence-electron chi connectivity index (χ2n) is 8.41. The monoisotopic (exact) mass is 408 g/mol. The smallest absolute Gasteiger partial charge is 0.267 e. The minimum absolute atomic E-state index is 0.0998. The molecule has 1 N–H and O–H groups in total. The van der Waals surface area contributed by atoms with E-state index in [0.29, 0.717) is 18.2 Å². The zero-order valence-corrected chi connectivity index (χ0v) is 17.5. The Morgan fingerprint density at radius 3 is 2.83 bits per heavy atom. The normalized spacial score (nSPS) is 15.0. The van der Waals surface area contributed by atoms with Gasteiger partial charge in [0.25, 0.3) is 5.56 Å². The highest BCUT2D eigenvalue weighted by Crippen LogP contribution is 2.21. The van der Waals surface area contributed by atoms with Crippen molar-refractivity contribution in [1.82, 2.24) is 29.7 Å². The minimum Gasteiger partial charge on any atom is -0.344 e. The third kappa shape index (κ3) is 4.42. The summed E-state index contributed by atoms with van der Waals surface area (Å²) in [7, 11) is 0. The standard InChI is InChI=1S/C22H28N6O2/c1-15(2)12-18(22-25-24-19-10-6-7-11-27(19)22)23-20(29)14-28-21(30)13-16-8-4-3-5-9-17(16)26-28/h6-7,10-11,13,15,18H,3-5,8-9,12,14H2,1-2H3,(H,23,29). The van der Waals surface area contributed by atoms with Gasteiger partial charge in [0, 0.05) is 12.3 Å². The number of hydrogen-bond donors (Lipinski definition) is 1. The molecule has 1 aliphatic rings. The van der Waals surface area contributed by atoms with Crippen LogP contribution in [0.4, 0.5) is 0 Å². The van der Waals surface area contributed by atoms with Crippen LogP contribution in [0.15, 0.2) is 35.3 Å². The molecule has 1 aliphatic carbocycles. The molecule has 0 aromatic carbocycles. The summed E-state index contributed by atoms with van der Waals surface area (Å²) in [5.74, 6) is 0.783. The summed E-state index contributed by atoms with van der Waals surface area (Å²) >= 11 is 0. The Morgan fingerprint density at radius 1 is 1.17 bits per heavy atom. The molecule has 1 unspecified atom stereocenters. The van der Waals surface area contributed by atoms with Crippen LogP contribution in [-0.4, -0.2) is 30.3 Å². The van der Waals surface area contributed by atoms with Gasteiger partial charge in [-0.1, -0.05) is 26.3 Å². The first-order chi connectivity index (χ1) is 14.5. The van der Waals surface area contributed by atoms with Crippen LogP contribution in [0.25, 0.3) is 5.65 Å². The number of pyridine rings is 1. The van der Waals surface area contributed by atoms with Crippen LogP contribution in [0.3, 0.4) is 0 Å². The SMILES string of the molecule is CC(C)CC(NC(=O)Cn1nc2c(cc1=O)CCCCC2)c1nnc2ccccn12. The van der Waals surface area contributed by atoms with E-state index in [9.17, 15) is 9.59 Å². The molecule has 0 spiro atoms. The fourth-order valence-corrected chi connectivity index (χ4v) is 4.06. The zero-order valence-electron chi connectivity index (χ0n) is 17.5. The fourth-order valence-electron chi connectivity index (χ4n) is 4.06. The van der Waals surface area contributed by atoms with E-state index in [0.717, 1.165) is 49.0 Å². The fraction of sp³-hybridized carbons (Fsp3) is 0.500. The van der Waals surface area contributed by atoms with Crippen molar-refractivity contribution in [3.8, 4) is 0 Å². The number of hydrogen-bond acceptors (Lipinski definition) is 5. The van der Waals surface area contributed by atoms with Gasteiger partial charge in [0.15, 0.2) is 11.5 Å². The highest BCUT2D eigenvalue weighted by atomic mass is 16.2. The van der Waals surface area contributed by atoms with Crippen molar-refractivity contribution in [2.45, 2.75) is 65.0 Å². The van der Waals surface area contributed by atoms with Gasteiger partial charge in [-0.25, -0.2) is 4.68 Å². The molecule has 8 nitrogen and oxygen atoms in total. The van der Waals surface area contributed by atoms with Crippen molar-refractivity contribution in [3.05, 3.63) is 57.9 Å². The van der Waals surface area contributed by atoms with Crippen molar-refractivity contribution in [3.63, 3.8) is 0 Å². The lowest BCUT2D eigenvalue weighted by molar-refractivity contribution is -0.122. The van der Waals surface area contributed by atoms with Crippen LogP contribution in [0.1, 0.15) is 62.7 Å². The average molecular weight is 409 g/mol. The second-order valence-corrected chi connectivity index (χ2v) is 8.41. The summed E-state index contributed by atoms with van der Waals surface area (Å²) in [4.78, 5) is 25.4. The molecule has 0 saturated carbocycles. The van der Waals surface area contributed by atoms with Crippen LogP contribution in [0.5, 0.6) is 0 Å². The number of rotatable bonds is 6. The largest absolute Gasteiger partial charge is 0.344 e. The molecule has 30 heavy (non-hydrogen) atoms. The first-order valence-corrected chi connectivity index (χ1v) is 10.7. The molecule has 0 fully saturated rings. The molecule has 8 heteroatoms. The number of carbonyl (C=O) groups excluding carboxylic acids is 1. The highest BCUT2D eigenvalue weighted by molar-refractivity contribution is 5.76. The first kappa shape index (κ1) is 20.3. The number of aryl methyl sites for hydroxylation is 2. The maximum atomic E-state index is 12.9. The summed E-state index contributed by atoms with van der Waals surface area (Å²) in [6, 6.07) is 7.04. The molecule has 3 aromatic heterocycles. The molecule has 0 aliphatic heterocycles. The quantitative estimate of drug-likeness (QED) is 0.632. The molecule has 4 rings (SSSR count). The van der Waals surface area contributed by atoms with E-state index >= 15 is 0 Å². The molecule has 0 bridgehead atoms. The first-order valence-electron chi connectivity index (χ1n) is 10.7. The lowest BCUT2D eigenvalue weighted by atomic mass is 10.0. The van der Waals surface area contributed by atoms with Crippen molar-refractivity contribution in [2.75, 3.05) is 0 Å². The number of carbonyl (C=O) groups is 1. The maximum Gasteiger partial charge on any atom is 0.267 e. The van der Waals surface area contributed by atoms with Gasteiger partial charge in [-0.2, -0.15) is 5.10 Å². The van der Waals surface area contributed by atoms with Gasteiger partial charge < -0.3 is 5.32 Å². The maximum absolute atomic E-state index is 12.9. The summed E-state index contributed by atoms with van der Waals surface area (Å²) in [6.07, 6.45) is 7.66. The van der Waals surface area contributed by atoms with E-state index in [1.54, 1.807) is 6.07 Å². The van der Waals surface area contributed by atoms with E-state index < -0.39 is 0 Å². The Labute approximate surface area is 175 Å². The number of amides is 1. The number of fused-ring (bicyclic) bond motifs is 2. The van der Waals surface area contributed by atoms with E-state index in [1.165, 1.54) is 4.68 Å². The van der Waals surface area contributed by atoms with Crippen LogP contribution in [0, 0.1) is 5.92 Å². The van der Waals surface area contributed by atoms with E-state index in [4.69, 9.17) is 0 Å². The van der Waals surface area contributed by atoms with E-state index in [2.05, 4.69) is 34.5 Å². The van der Waals surface area contributed by atoms with Crippen LogP contribution in [0.2, 0.25) is 0 Å². The Balaban J connectivity index is 1.55. The van der Waals surface area contributed by atoms with Gasteiger partial charge in [0.1, 0.15) is 6.54 Å². The van der Waals surface area contributed by atoms with Crippen molar-refractivity contribution >= 4 is 11.6 Å². The zero-order chi connectivity index (χ0) is 21.1. The van der Waals surface area contributed by atoms with Gasteiger partial charge in [-0.05, 0) is 55.7 Å². The van der Waals surface area contributed by atoms with Crippen LogP contribution < -0.4 is 10.9 Å². The molecule has 1 amide bonds. The molecular weight excluding hydrogens is 380 g/mol. The molecule has 0 saturated heterocycles. The van der Waals surface area contributed by atoms with Crippen molar-refractivity contribution in [1.29, 1.82) is 0 Å². The second kappa shape index (κ2) is 8.77. The minimum atomic E-state index is -0.300. The number of aromatic nitrogens is 5. The lowest BCUT2D eigenvalue weighted by Crippen LogP contribution is -2.37. The molecule has 0 radical (unpaired) electrons. The van der Waals surface area contributed by atoms with Gasteiger partial charge >= 0.3 is 0 Å². The molecular formula is C22H28N6O2. The van der Waals surface area contributed by atoms with Crippen molar-refractivity contribution in [2.24, 2.45) is 5.92 Å². The van der Waals surface area contributed by atoms with Crippen molar-refractivity contribution < 1.29 is 4.79 Å². The predicted molar refractivity (Wildman–Crippen MR) is 113 cm³/mol. The molecule has 3 aromatic rings. The molecule has 158 valence electrons. The Hall–Kier alpha value is -3.03. The van der Waals surface area contributed by atoms with Gasteiger partial charge in [0.05, 0.1) is 11.7 Å². The summed E-state index contributed by atoms with van der Waals surface area (Å²) < 4.78 is 3.17. The average Bonchev–Trinajstić information content (AvgIpc) is 3.01. The Bertz CT molecular complexity index is 1100. The lowest BCUT2D eigenvalue weighted by Gasteiger charge is -2.19. The third-order valence-electron chi connectivity index (χ3n) is 5.51. The topological polar surface area (TPSA) is 94.2 Å². The molecule has 3 heterocycles. The van der Waals surface area contributed by atoms with Gasteiger partial charge in [-0.3, -0.25) is 14.0 Å². The van der Waals surface area contributed by atoms with E-state index in [1.807, 2.05) is 28.8 Å². The summed E-state index contributed by atoms with van der Waals surface area (Å²) in [5.41, 5.74) is 2.49. The predicted octanol–water partition coefficient (Wildman–Crippen LogP) is 2.46. The van der Waals surface area contributed by atoms with Crippen LogP contribution >= 0.6 is 0 Å². The number of nitrogens with zero attached hydrogens (tertiary/aromatic N) is 5. The highest BCUT2D eigenvalue weighted by Gasteiger charge is 2.22. The Morgan fingerprint density at radius 2 is 2.00 bits per heavy atom.